The summed E-state index contributed by atoms with van der Waals surface area (Å²) >= 11 is 0. The number of carbonyl (C=O) groups excluding carboxylic acids is 2. The van der Waals surface area contributed by atoms with Crippen LogP contribution in [0, 0.1) is 0 Å². The van der Waals surface area contributed by atoms with Crippen LogP contribution in [0.1, 0.15) is 13.8 Å². The van der Waals surface area contributed by atoms with Crippen LogP contribution in [0.2, 0.25) is 0 Å². The largest absolute Gasteiger partial charge is 0.460 e. The summed E-state index contributed by atoms with van der Waals surface area (Å²) in [4.78, 5) is 21.9. The van der Waals surface area contributed by atoms with E-state index in [4.69, 9.17) is 0 Å². The fourth-order valence-corrected chi connectivity index (χ4v) is 0.926. The lowest BCUT2D eigenvalue weighted by Crippen LogP contribution is -2.35. The molecule has 0 aliphatic heterocycles. The van der Waals surface area contributed by atoms with Crippen molar-refractivity contribution in [2.45, 2.75) is 26.1 Å². The van der Waals surface area contributed by atoms with Crippen LogP contribution in [0.5, 0.6) is 0 Å². The molecular weight excluding hydrogens is 240 g/mol. The summed E-state index contributed by atoms with van der Waals surface area (Å²) in [6, 6.07) is 0. The highest BCUT2D eigenvalue weighted by Crippen LogP contribution is 1.97. The predicted octanol–water partition coefficient (Wildman–Crippen LogP) is -0.0532. The molecule has 6 heteroatoms. The molecule has 0 bridgehead atoms. The van der Waals surface area contributed by atoms with Gasteiger partial charge in [-0.15, -0.1) is 0 Å². The third-order valence-corrected chi connectivity index (χ3v) is 1.84. The van der Waals surface area contributed by atoms with E-state index in [-0.39, 0.29) is 13.2 Å². The predicted molar refractivity (Wildman–Crippen MR) is 63.6 cm³/mol. The van der Waals surface area contributed by atoms with Crippen LogP contribution in [0.15, 0.2) is 24.3 Å². The average molecular weight is 258 g/mol. The van der Waals surface area contributed by atoms with Gasteiger partial charge in [-0.1, -0.05) is 12.2 Å². The second kappa shape index (κ2) is 9.38. The van der Waals surface area contributed by atoms with Crippen LogP contribution in [0.3, 0.4) is 0 Å². The third kappa shape index (κ3) is 7.59. The van der Waals surface area contributed by atoms with Gasteiger partial charge in [0.1, 0.15) is 25.4 Å². The van der Waals surface area contributed by atoms with Gasteiger partial charge in [-0.3, -0.25) is 0 Å². The number of esters is 2. The van der Waals surface area contributed by atoms with Crippen molar-refractivity contribution in [2.75, 3.05) is 13.2 Å². The molecule has 0 spiro atoms. The Hall–Kier alpha value is -1.66. The van der Waals surface area contributed by atoms with Crippen molar-refractivity contribution < 1.29 is 29.3 Å². The van der Waals surface area contributed by atoms with Gasteiger partial charge in [-0.25, -0.2) is 9.59 Å². The Bertz CT molecular complexity index is 289. The zero-order chi connectivity index (χ0) is 14.0. The van der Waals surface area contributed by atoms with Gasteiger partial charge >= 0.3 is 11.9 Å². The lowest BCUT2D eigenvalue weighted by molar-refractivity contribution is -0.150. The van der Waals surface area contributed by atoms with E-state index in [9.17, 15) is 19.8 Å². The second-order valence-corrected chi connectivity index (χ2v) is 3.39. The van der Waals surface area contributed by atoms with E-state index >= 15 is 0 Å². The van der Waals surface area contributed by atoms with Crippen molar-refractivity contribution in [3.05, 3.63) is 24.3 Å². The summed E-state index contributed by atoms with van der Waals surface area (Å²) < 4.78 is 9.26. The minimum Gasteiger partial charge on any atom is -0.460 e. The van der Waals surface area contributed by atoms with Crippen molar-refractivity contribution in [3.63, 3.8) is 0 Å². The van der Waals surface area contributed by atoms with E-state index in [0.717, 1.165) is 0 Å². The Kier molecular flexibility index (Phi) is 8.51. The molecule has 0 aromatic heterocycles. The van der Waals surface area contributed by atoms with Gasteiger partial charge in [0.25, 0.3) is 0 Å². The standard InChI is InChI=1S/C12H18O6/c1-3-5-11(15)17-7-9(13)10(14)8-18-12(16)6-4-2/h3-6,9-10,13-14H,7-8H2,1-2H3/b5-3+,6-4+. The molecule has 0 fully saturated rings. The lowest BCUT2D eigenvalue weighted by Gasteiger charge is -2.16. The molecule has 18 heavy (non-hydrogen) atoms. The number of hydrogen-bond acceptors (Lipinski definition) is 6. The quantitative estimate of drug-likeness (QED) is 0.491. The molecule has 0 aliphatic rings. The maximum absolute atomic E-state index is 10.9. The molecule has 0 saturated heterocycles. The zero-order valence-electron chi connectivity index (χ0n) is 10.4. The zero-order valence-corrected chi connectivity index (χ0v) is 10.4. The number of aliphatic hydroxyl groups excluding tert-OH is 2. The highest BCUT2D eigenvalue weighted by Gasteiger charge is 2.19. The number of allylic oxidation sites excluding steroid dienone is 2. The molecule has 2 atom stereocenters. The van der Waals surface area contributed by atoms with E-state index in [1.165, 1.54) is 24.3 Å². The normalized spacial score (nSPS) is 14.7. The topological polar surface area (TPSA) is 93.1 Å². The minimum absolute atomic E-state index is 0.370. The fourth-order valence-electron chi connectivity index (χ4n) is 0.926. The Morgan fingerprint density at radius 2 is 1.28 bits per heavy atom. The Labute approximate surface area is 106 Å². The first-order valence-corrected chi connectivity index (χ1v) is 5.46. The molecule has 2 unspecified atom stereocenters. The Morgan fingerprint density at radius 3 is 1.56 bits per heavy atom. The summed E-state index contributed by atoms with van der Waals surface area (Å²) in [6.07, 6.45) is 2.74. The number of hydrogen-bond donors (Lipinski definition) is 2. The van der Waals surface area contributed by atoms with Crippen LogP contribution >= 0.6 is 0 Å². The molecule has 0 amide bonds. The average Bonchev–Trinajstić information content (AvgIpc) is 2.33. The van der Waals surface area contributed by atoms with Crippen LogP contribution in [0.4, 0.5) is 0 Å². The summed E-state index contributed by atoms with van der Waals surface area (Å²) in [6.45, 7) is 2.55. The van der Waals surface area contributed by atoms with Gasteiger partial charge in [0, 0.05) is 12.2 Å². The number of rotatable bonds is 7. The molecule has 6 nitrogen and oxygen atoms in total. The minimum atomic E-state index is -1.31. The molecule has 0 rings (SSSR count). The van der Waals surface area contributed by atoms with Crippen LogP contribution in [0.25, 0.3) is 0 Å². The summed E-state index contributed by atoms with van der Waals surface area (Å²) in [5.74, 6) is -1.23. The fraction of sp³-hybridized carbons (Fsp3) is 0.500. The smallest absolute Gasteiger partial charge is 0.330 e. The molecule has 0 aromatic carbocycles. The van der Waals surface area contributed by atoms with E-state index in [1.54, 1.807) is 13.8 Å². The molecule has 0 saturated carbocycles. The second-order valence-electron chi connectivity index (χ2n) is 3.39. The summed E-state index contributed by atoms with van der Waals surface area (Å²) in [5.41, 5.74) is 0. The van der Waals surface area contributed by atoms with Gasteiger partial charge in [0.2, 0.25) is 0 Å². The summed E-state index contributed by atoms with van der Waals surface area (Å²) in [5, 5.41) is 18.8. The maximum Gasteiger partial charge on any atom is 0.330 e. The van der Waals surface area contributed by atoms with Crippen molar-refractivity contribution in [1.29, 1.82) is 0 Å². The van der Waals surface area contributed by atoms with Gasteiger partial charge in [0.05, 0.1) is 0 Å². The van der Waals surface area contributed by atoms with E-state index < -0.39 is 24.1 Å². The Balaban J connectivity index is 3.92. The summed E-state index contributed by atoms with van der Waals surface area (Å²) in [7, 11) is 0. The van der Waals surface area contributed by atoms with Crippen molar-refractivity contribution >= 4 is 11.9 Å². The van der Waals surface area contributed by atoms with Gasteiger partial charge in [-0.05, 0) is 13.8 Å². The molecule has 0 aliphatic carbocycles. The lowest BCUT2D eigenvalue weighted by atomic mass is 10.2. The number of ether oxygens (including phenoxy) is 2. The van der Waals surface area contributed by atoms with Crippen molar-refractivity contribution in [3.8, 4) is 0 Å². The van der Waals surface area contributed by atoms with Crippen molar-refractivity contribution in [1.82, 2.24) is 0 Å². The van der Waals surface area contributed by atoms with Gasteiger partial charge in [0.15, 0.2) is 0 Å². The monoisotopic (exact) mass is 258 g/mol. The number of aliphatic hydroxyl groups is 2. The third-order valence-electron chi connectivity index (χ3n) is 1.84. The molecular formula is C12H18O6. The molecule has 2 N–H and O–H groups in total. The molecule has 0 heterocycles. The molecule has 102 valence electrons. The molecule has 0 radical (unpaired) electrons. The highest BCUT2D eigenvalue weighted by atomic mass is 16.6. The first-order valence-electron chi connectivity index (χ1n) is 5.46. The van der Waals surface area contributed by atoms with E-state index in [0.29, 0.717) is 0 Å². The van der Waals surface area contributed by atoms with E-state index in [1.807, 2.05) is 0 Å². The van der Waals surface area contributed by atoms with Gasteiger partial charge in [-0.2, -0.15) is 0 Å². The first-order chi connectivity index (χ1) is 8.51. The SMILES string of the molecule is C/C=C/C(=O)OCC(O)C(O)COC(=O)/C=C/C. The maximum atomic E-state index is 10.9. The highest BCUT2D eigenvalue weighted by molar-refractivity contribution is 5.82. The van der Waals surface area contributed by atoms with E-state index in [2.05, 4.69) is 9.47 Å². The first kappa shape index (κ1) is 16.3. The molecule has 0 aromatic rings. The number of carbonyl (C=O) groups is 2. The van der Waals surface area contributed by atoms with Crippen LogP contribution in [-0.4, -0.2) is 47.6 Å². The Morgan fingerprint density at radius 1 is 0.944 bits per heavy atom. The van der Waals surface area contributed by atoms with Gasteiger partial charge < -0.3 is 19.7 Å². The van der Waals surface area contributed by atoms with Crippen molar-refractivity contribution in [2.24, 2.45) is 0 Å². The van der Waals surface area contributed by atoms with Crippen LogP contribution < -0.4 is 0 Å². The van der Waals surface area contributed by atoms with Crippen LogP contribution in [-0.2, 0) is 19.1 Å².